The van der Waals surface area contributed by atoms with E-state index in [1.54, 1.807) is 0 Å². The minimum atomic E-state index is 0. The first-order valence-corrected chi connectivity index (χ1v) is 2.33. The number of nitrogens with one attached hydrogen (secondary N) is 2. The Labute approximate surface area is 63.4 Å². The quantitative estimate of drug-likeness (QED) is 0.422. The van der Waals surface area contributed by atoms with Gasteiger partial charge >= 0.3 is 0 Å². The smallest absolute Gasteiger partial charge is 0.161 e. The van der Waals surface area contributed by atoms with E-state index in [0.717, 1.165) is 0 Å². The van der Waals surface area contributed by atoms with Gasteiger partial charge in [0.15, 0.2) is 12.7 Å². The van der Waals surface area contributed by atoms with Crippen molar-refractivity contribution in [3.05, 3.63) is 12.7 Å². The Kier molecular flexibility index (Phi) is 5.29. The molecular formula is C2H4BN8. The number of nitrogens with zero attached hydrogens (tertiary/aromatic N) is 6. The normalized spacial score (nSPS) is 7.27. The molecule has 0 fully saturated rings. The number of hydrogen-bond donors (Lipinski definition) is 2. The molecule has 0 aliphatic heterocycles. The van der Waals surface area contributed by atoms with Gasteiger partial charge in [0.1, 0.15) is 0 Å². The van der Waals surface area contributed by atoms with E-state index in [2.05, 4.69) is 41.2 Å². The fourth-order valence-electron chi connectivity index (χ4n) is 0.258. The Morgan fingerprint density at radius 3 is 1.36 bits per heavy atom. The predicted octanol–water partition coefficient (Wildman–Crippen LogP) is -1.98. The molecule has 2 rings (SSSR count). The van der Waals surface area contributed by atoms with Gasteiger partial charge in [0.25, 0.3) is 0 Å². The molecule has 0 unspecified atom stereocenters. The Bertz CT molecular complexity index is 151. The van der Waals surface area contributed by atoms with Crippen LogP contribution in [0.25, 0.3) is 0 Å². The second-order valence-electron chi connectivity index (χ2n) is 1.12. The summed E-state index contributed by atoms with van der Waals surface area (Å²) in [4.78, 5) is 0. The lowest BCUT2D eigenvalue weighted by molar-refractivity contribution is 0.881. The van der Waals surface area contributed by atoms with Crippen molar-refractivity contribution in [2.75, 3.05) is 0 Å². The van der Waals surface area contributed by atoms with Crippen LogP contribution < -0.4 is 0 Å². The number of aromatic amines is 2. The van der Waals surface area contributed by atoms with Crippen molar-refractivity contribution < 1.29 is 0 Å². The van der Waals surface area contributed by atoms with Crippen LogP contribution in [0.5, 0.6) is 0 Å². The lowest BCUT2D eigenvalue weighted by atomic mass is 10.8. The van der Waals surface area contributed by atoms with Crippen molar-refractivity contribution >= 4 is 8.41 Å². The zero-order valence-corrected chi connectivity index (χ0v) is 5.42. The Hall–Kier alpha value is -1.80. The summed E-state index contributed by atoms with van der Waals surface area (Å²) in [7, 11) is 0. The van der Waals surface area contributed by atoms with Gasteiger partial charge in [-0.2, -0.15) is 10.4 Å². The summed E-state index contributed by atoms with van der Waals surface area (Å²) in [6.45, 7) is 0. The van der Waals surface area contributed by atoms with Crippen molar-refractivity contribution in [1.82, 2.24) is 41.2 Å². The van der Waals surface area contributed by atoms with E-state index in [1.807, 2.05) is 0 Å². The van der Waals surface area contributed by atoms with E-state index in [0.29, 0.717) is 0 Å². The molecule has 0 aromatic carbocycles. The van der Waals surface area contributed by atoms with Crippen LogP contribution in [0.15, 0.2) is 12.7 Å². The second kappa shape index (κ2) is 6.33. The molecule has 2 aromatic rings. The summed E-state index contributed by atoms with van der Waals surface area (Å²) in [5, 5.41) is 24.3. The fourth-order valence-corrected chi connectivity index (χ4v) is 0.258. The van der Waals surface area contributed by atoms with E-state index >= 15 is 0 Å². The SMILES string of the molecule is [B].c1nn[nH]n1.c1nn[nH]n1. The van der Waals surface area contributed by atoms with Crippen molar-refractivity contribution in [3.8, 4) is 0 Å². The maximum Gasteiger partial charge on any atom is 0.161 e. The van der Waals surface area contributed by atoms with E-state index in [1.165, 1.54) is 12.7 Å². The number of aromatic nitrogens is 8. The third-order valence-electron chi connectivity index (χ3n) is 0.539. The van der Waals surface area contributed by atoms with Gasteiger partial charge in [-0.25, -0.2) is 0 Å². The standard InChI is InChI=1S/2CH2N4.B/c2*1-2-4-5-3-1;/h2*1H,(H,2,3,4,5);. The van der Waals surface area contributed by atoms with E-state index in [9.17, 15) is 0 Å². The van der Waals surface area contributed by atoms with E-state index in [-0.39, 0.29) is 8.41 Å². The molecule has 0 atom stereocenters. The molecule has 0 saturated carbocycles. The molecular weight excluding hydrogens is 147 g/mol. The number of H-pyrrole nitrogens is 2. The molecule has 2 N–H and O–H groups in total. The summed E-state index contributed by atoms with van der Waals surface area (Å²) >= 11 is 0. The fraction of sp³-hybridized carbons (Fsp3) is 0. The predicted molar refractivity (Wildman–Crippen MR) is 34.1 cm³/mol. The molecule has 11 heavy (non-hydrogen) atoms. The average Bonchev–Trinajstić information content (AvgIpc) is 2.67. The number of tetrazole rings is 2. The summed E-state index contributed by atoms with van der Waals surface area (Å²) in [6, 6.07) is 0. The van der Waals surface area contributed by atoms with Crippen LogP contribution in [0.1, 0.15) is 0 Å². The summed E-state index contributed by atoms with van der Waals surface area (Å²) in [5.41, 5.74) is 0. The van der Waals surface area contributed by atoms with E-state index < -0.39 is 0 Å². The second-order valence-corrected chi connectivity index (χ2v) is 1.12. The lowest BCUT2D eigenvalue weighted by Crippen LogP contribution is -1.64. The highest BCUT2D eigenvalue weighted by Crippen LogP contribution is 1.44. The van der Waals surface area contributed by atoms with Gasteiger partial charge in [-0.3, -0.25) is 0 Å². The van der Waals surface area contributed by atoms with Crippen molar-refractivity contribution in [1.29, 1.82) is 0 Å². The molecule has 3 radical (unpaired) electrons. The van der Waals surface area contributed by atoms with Gasteiger partial charge < -0.3 is 0 Å². The zero-order valence-electron chi connectivity index (χ0n) is 5.42. The van der Waals surface area contributed by atoms with Gasteiger partial charge in [-0.05, 0) is 0 Å². The van der Waals surface area contributed by atoms with Crippen LogP contribution >= 0.6 is 0 Å². The van der Waals surface area contributed by atoms with Gasteiger partial charge in [0.2, 0.25) is 0 Å². The minimum absolute atomic E-state index is 0. The van der Waals surface area contributed by atoms with Gasteiger partial charge in [0, 0.05) is 8.41 Å². The van der Waals surface area contributed by atoms with Crippen LogP contribution in [-0.4, -0.2) is 49.7 Å². The third-order valence-corrected chi connectivity index (χ3v) is 0.539. The Morgan fingerprint density at radius 1 is 0.818 bits per heavy atom. The van der Waals surface area contributed by atoms with Crippen LogP contribution in [0.4, 0.5) is 0 Å². The van der Waals surface area contributed by atoms with Crippen LogP contribution in [-0.2, 0) is 0 Å². The highest BCUT2D eigenvalue weighted by molar-refractivity contribution is 5.75. The van der Waals surface area contributed by atoms with Crippen molar-refractivity contribution in [2.45, 2.75) is 0 Å². The first-order chi connectivity index (χ1) is 5.00. The first-order valence-electron chi connectivity index (χ1n) is 2.33. The highest BCUT2D eigenvalue weighted by atomic mass is 15.5. The minimum Gasteiger partial charge on any atom is -0.177 e. The highest BCUT2D eigenvalue weighted by Gasteiger charge is 1.58. The molecule has 0 bridgehead atoms. The molecule has 0 saturated heterocycles. The molecule has 2 aromatic heterocycles. The summed E-state index contributed by atoms with van der Waals surface area (Å²) in [5.74, 6) is 0. The van der Waals surface area contributed by atoms with Crippen LogP contribution in [0.2, 0.25) is 0 Å². The summed E-state index contributed by atoms with van der Waals surface area (Å²) < 4.78 is 0. The van der Waals surface area contributed by atoms with Gasteiger partial charge in [-0.1, -0.05) is 10.4 Å². The molecule has 0 spiro atoms. The van der Waals surface area contributed by atoms with Crippen LogP contribution in [0, 0.1) is 0 Å². The first kappa shape index (κ1) is 9.20. The molecule has 9 heteroatoms. The van der Waals surface area contributed by atoms with Crippen LogP contribution in [0.3, 0.4) is 0 Å². The maximum atomic E-state index is 3.38. The Morgan fingerprint density at radius 2 is 1.27 bits per heavy atom. The molecule has 0 amide bonds. The average molecular weight is 151 g/mol. The van der Waals surface area contributed by atoms with E-state index in [4.69, 9.17) is 0 Å². The molecule has 0 aliphatic carbocycles. The lowest BCUT2D eigenvalue weighted by Gasteiger charge is -1.44. The maximum absolute atomic E-state index is 3.38. The largest absolute Gasteiger partial charge is 0.177 e. The third kappa shape index (κ3) is 4.69. The number of hydrogen-bond acceptors (Lipinski definition) is 6. The Balaban J connectivity index is 0.000000167. The zero-order chi connectivity index (χ0) is 7.07. The summed E-state index contributed by atoms with van der Waals surface area (Å²) in [6.07, 6.45) is 2.67. The number of rotatable bonds is 0. The molecule has 0 aliphatic rings. The van der Waals surface area contributed by atoms with Crippen molar-refractivity contribution in [2.24, 2.45) is 0 Å². The molecule has 55 valence electrons. The molecule has 8 nitrogen and oxygen atoms in total. The van der Waals surface area contributed by atoms with Gasteiger partial charge in [0.05, 0.1) is 0 Å². The molecule has 2 heterocycles. The van der Waals surface area contributed by atoms with Crippen molar-refractivity contribution in [3.63, 3.8) is 0 Å². The monoisotopic (exact) mass is 151 g/mol. The topological polar surface area (TPSA) is 109 Å². The van der Waals surface area contributed by atoms with Gasteiger partial charge in [-0.15, -0.1) is 20.4 Å².